The van der Waals surface area contributed by atoms with Gasteiger partial charge in [0.1, 0.15) is 5.75 Å². The van der Waals surface area contributed by atoms with Gasteiger partial charge in [0.05, 0.1) is 5.02 Å². The van der Waals surface area contributed by atoms with Crippen molar-refractivity contribution in [1.82, 2.24) is 0 Å². The zero-order valence-corrected chi connectivity index (χ0v) is 8.86. The van der Waals surface area contributed by atoms with E-state index in [4.69, 9.17) is 11.6 Å². The second kappa shape index (κ2) is 4.18. The van der Waals surface area contributed by atoms with Crippen LogP contribution in [0.1, 0.15) is 0 Å². The first kappa shape index (κ1) is 12.0. The van der Waals surface area contributed by atoms with Gasteiger partial charge in [-0.2, -0.15) is 0 Å². The second-order valence-electron chi connectivity index (χ2n) is 3.06. The Bertz CT molecular complexity index is 352. The fraction of sp³-hybridized carbons (Fsp3) is 0.333. The number of anilines is 1. The molecule has 84 valence electrons. The zero-order valence-electron chi connectivity index (χ0n) is 8.10. The molecule has 0 unspecified atom stereocenters. The average Bonchev–Trinajstić information content (AvgIpc) is 2.06. The standard InChI is InChI=1S/C9H9ClF3NO/c1-14(2)6-3-4-7(10)8(5-6)15-9(11,12)13/h3-5H,1-2H3. The number of hydrogen-bond donors (Lipinski definition) is 0. The molecule has 0 N–H and O–H groups in total. The molecular formula is C9H9ClF3NO. The van der Waals surface area contributed by atoms with E-state index in [-0.39, 0.29) is 5.02 Å². The quantitative estimate of drug-likeness (QED) is 0.785. The van der Waals surface area contributed by atoms with Crippen molar-refractivity contribution in [2.75, 3.05) is 19.0 Å². The van der Waals surface area contributed by atoms with Gasteiger partial charge in [0.15, 0.2) is 0 Å². The molecule has 1 rings (SSSR count). The molecule has 0 bridgehead atoms. The van der Waals surface area contributed by atoms with Crippen LogP contribution in [0.4, 0.5) is 18.9 Å². The largest absolute Gasteiger partial charge is 0.573 e. The molecule has 0 radical (unpaired) electrons. The van der Waals surface area contributed by atoms with E-state index in [1.54, 1.807) is 25.1 Å². The molecule has 15 heavy (non-hydrogen) atoms. The number of ether oxygens (including phenoxy) is 1. The Morgan fingerprint density at radius 2 is 1.87 bits per heavy atom. The molecule has 0 aliphatic rings. The summed E-state index contributed by atoms with van der Waals surface area (Å²) < 4.78 is 39.6. The molecule has 0 aliphatic heterocycles. The highest BCUT2D eigenvalue weighted by Gasteiger charge is 2.32. The minimum Gasteiger partial charge on any atom is -0.404 e. The summed E-state index contributed by atoms with van der Waals surface area (Å²) in [5, 5.41) is -0.0714. The Balaban J connectivity index is 3.01. The third-order valence-corrected chi connectivity index (χ3v) is 1.97. The van der Waals surface area contributed by atoms with Crippen LogP contribution >= 0.6 is 11.6 Å². The lowest BCUT2D eigenvalue weighted by Crippen LogP contribution is -2.18. The van der Waals surface area contributed by atoms with E-state index in [0.29, 0.717) is 5.69 Å². The monoisotopic (exact) mass is 239 g/mol. The van der Waals surface area contributed by atoms with Gasteiger partial charge in [-0.15, -0.1) is 13.2 Å². The van der Waals surface area contributed by atoms with Crippen LogP contribution in [0.25, 0.3) is 0 Å². The van der Waals surface area contributed by atoms with Crippen LogP contribution < -0.4 is 9.64 Å². The Morgan fingerprint density at radius 3 is 2.33 bits per heavy atom. The molecule has 0 saturated carbocycles. The van der Waals surface area contributed by atoms with Crippen molar-refractivity contribution >= 4 is 17.3 Å². The molecule has 1 aromatic carbocycles. The third-order valence-electron chi connectivity index (χ3n) is 1.66. The van der Waals surface area contributed by atoms with Crippen molar-refractivity contribution in [2.24, 2.45) is 0 Å². The van der Waals surface area contributed by atoms with Crippen LogP contribution in [-0.4, -0.2) is 20.5 Å². The van der Waals surface area contributed by atoms with E-state index < -0.39 is 12.1 Å². The van der Waals surface area contributed by atoms with Crippen LogP contribution in [0.3, 0.4) is 0 Å². The molecule has 0 fully saturated rings. The first-order valence-corrected chi connectivity index (χ1v) is 4.40. The maximum atomic E-state index is 12.0. The number of alkyl halides is 3. The van der Waals surface area contributed by atoms with Crippen molar-refractivity contribution in [3.63, 3.8) is 0 Å². The number of rotatable bonds is 2. The molecule has 0 spiro atoms. The first-order valence-electron chi connectivity index (χ1n) is 4.02. The Morgan fingerprint density at radius 1 is 1.27 bits per heavy atom. The summed E-state index contributed by atoms with van der Waals surface area (Å²) >= 11 is 5.56. The number of hydrogen-bond acceptors (Lipinski definition) is 2. The number of benzene rings is 1. The smallest absolute Gasteiger partial charge is 0.404 e. The van der Waals surface area contributed by atoms with E-state index in [1.807, 2.05) is 0 Å². The van der Waals surface area contributed by atoms with Crippen LogP contribution in [0.15, 0.2) is 18.2 Å². The topological polar surface area (TPSA) is 12.5 Å². The van der Waals surface area contributed by atoms with Gasteiger partial charge in [0, 0.05) is 25.8 Å². The average molecular weight is 240 g/mol. The lowest BCUT2D eigenvalue weighted by molar-refractivity contribution is -0.274. The fourth-order valence-corrected chi connectivity index (χ4v) is 1.13. The molecule has 0 saturated heterocycles. The highest BCUT2D eigenvalue weighted by Crippen LogP contribution is 2.32. The summed E-state index contributed by atoms with van der Waals surface area (Å²) in [6, 6.07) is 4.19. The molecule has 2 nitrogen and oxygen atoms in total. The Hall–Kier alpha value is -1.10. The van der Waals surface area contributed by atoms with Crippen LogP contribution in [0, 0.1) is 0 Å². The predicted octanol–water partition coefficient (Wildman–Crippen LogP) is 3.30. The van der Waals surface area contributed by atoms with Crippen molar-refractivity contribution in [2.45, 2.75) is 6.36 Å². The summed E-state index contributed by atoms with van der Waals surface area (Å²) in [6.45, 7) is 0. The normalized spacial score (nSPS) is 11.3. The van der Waals surface area contributed by atoms with Crippen molar-refractivity contribution < 1.29 is 17.9 Å². The fourth-order valence-electron chi connectivity index (χ4n) is 0.973. The molecule has 1 aromatic rings. The maximum Gasteiger partial charge on any atom is 0.573 e. The van der Waals surface area contributed by atoms with Crippen LogP contribution in [0.5, 0.6) is 5.75 Å². The highest BCUT2D eigenvalue weighted by atomic mass is 35.5. The summed E-state index contributed by atoms with van der Waals surface area (Å²) in [7, 11) is 3.42. The predicted molar refractivity (Wildman–Crippen MR) is 52.5 cm³/mol. The second-order valence-corrected chi connectivity index (χ2v) is 3.46. The zero-order chi connectivity index (χ0) is 11.6. The molecule has 0 aromatic heterocycles. The van der Waals surface area contributed by atoms with E-state index in [0.717, 1.165) is 0 Å². The molecule has 6 heteroatoms. The van der Waals surface area contributed by atoms with Gasteiger partial charge >= 0.3 is 6.36 Å². The van der Waals surface area contributed by atoms with E-state index in [2.05, 4.69) is 4.74 Å². The van der Waals surface area contributed by atoms with E-state index >= 15 is 0 Å². The summed E-state index contributed by atoms with van der Waals surface area (Å²) in [6.07, 6.45) is -4.73. The molecule has 0 aliphatic carbocycles. The van der Waals surface area contributed by atoms with Gasteiger partial charge in [0.2, 0.25) is 0 Å². The van der Waals surface area contributed by atoms with Crippen LogP contribution in [0.2, 0.25) is 5.02 Å². The molecule has 0 atom stereocenters. The van der Waals surface area contributed by atoms with E-state index in [9.17, 15) is 13.2 Å². The first-order chi connectivity index (χ1) is 6.79. The summed E-state index contributed by atoms with van der Waals surface area (Å²) in [4.78, 5) is 1.65. The van der Waals surface area contributed by atoms with Gasteiger partial charge in [-0.3, -0.25) is 0 Å². The van der Waals surface area contributed by atoms with Gasteiger partial charge in [-0.05, 0) is 12.1 Å². The summed E-state index contributed by atoms with van der Waals surface area (Å²) in [5.74, 6) is -0.393. The van der Waals surface area contributed by atoms with Crippen LogP contribution in [-0.2, 0) is 0 Å². The third kappa shape index (κ3) is 3.51. The minimum atomic E-state index is -4.73. The van der Waals surface area contributed by atoms with Gasteiger partial charge < -0.3 is 9.64 Å². The lowest BCUT2D eigenvalue weighted by Gasteiger charge is -2.15. The number of nitrogens with zero attached hydrogens (tertiary/aromatic N) is 1. The minimum absolute atomic E-state index is 0.0714. The molecule has 0 amide bonds. The summed E-state index contributed by atoms with van der Waals surface area (Å²) in [5.41, 5.74) is 0.582. The number of halogens is 4. The Kier molecular flexibility index (Phi) is 3.34. The highest BCUT2D eigenvalue weighted by molar-refractivity contribution is 6.32. The van der Waals surface area contributed by atoms with Gasteiger partial charge in [-0.1, -0.05) is 11.6 Å². The lowest BCUT2D eigenvalue weighted by atomic mass is 10.3. The van der Waals surface area contributed by atoms with Crippen molar-refractivity contribution in [1.29, 1.82) is 0 Å². The van der Waals surface area contributed by atoms with Gasteiger partial charge in [0.25, 0.3) is 0 Å². The van der Waals surface area contributed by atoms with E-state index in [1.165, 1.54) is 12.1 Å². The van der Waals surface area contributed by atoms with Crippen molar-refractivity contribution in [3.05, 3.63) is 23.2 Å². The molecule has 0 heterocycles. The molecular weight excluding hydrogens is 231 g/mol. The van der Waals surface area contributed by atoms with Crippen molar-refractivity contribution in [3.8, 4) is 5.75 Å². The SMILES string of the molecule is CN(C)c1ccc(Cl)c(OC(F)(F)F)c1. The van der Waals surface area contributed by atoms with Gasteiger partial charge in [-0.25, -0.2) is 0 Å². The Labute approximate surface area is 90.2 Å². The maximum absolute atomic E-state index is 12.0.